The van der Waals surface area contributed by atoms with Gasteiger partial charge >= 0.3 is 12.2 Å². The first-order valence-electron chi connectivity index (χ1n) is 8.68. The maximum atomic E-state index is 11.8. The minimum Gasteiger partial charge on any atom is -0.449 e. The maximum Gasteiger partial charge on any atom is 0.407 e. The van der Waals surface area contributed by atoms with E-state index in [1.807, 2.05) is 27.7 Å². The predicted octanol–water partition coefficient (Wildman–Crippen LogP) is 1.88. The average Bonchev–Trinajstić information content (AvgIpc) is 2.51. The van der Waals surface area contributed by atoms with Gasteiger partial charge in [-0.25, -0.2) is 9.59 Å². The third kappa shape index (κ3) is 15.9. The third-order valence-corrected chi connectivity index (χ3v) is 3.50. The van der Waals surface area contributed by atoms with Crippen LogP contribution in [0.1, 0.15) is 40.5 Å². The van der Waals surface area contributed by atoms with Crippen LogP contribution in [0.25, 0.3) is 0 Å². The lowest BCUT2D eigenvalue weighted by molar-refractivity contribution is 0.123. The molecule has 10 heteroatoms. The van der Waals surface area contributed by atoms with Gasteiger partial charge in [0.25, 0.3) is 10.1 Å². The number of rotatable bonds is 12. The molecule has 0 aromatic heterocycles. The molecule has 0 saturated carbocycles. The Labute approximate surface area is 156 Å². The SMILES string of the molecule is CC(C)COC(=O)NC[C@H](CCCOS(C)(=O)=O)NC(=O)OCC(C)C. The van der Waals surface area contributed by atoms with Gasteiger partial charge in [0.05, 0.1) is 26.1 Å². The molecule has 0 aromatic carbocycles. The van der Waals surface area contributed by atoms with Gasteiger partial charge in [-0.15, -0.1) is 0 Å². The lowest BCUT2D eigenvalue weighted by Gasteiger charge is -2.19. The average molecular weight is 397 g/mol. The topological polar surface area (TPSA) is 120 Å². The second kappa shape index (κ2) is 12.7. The molecule has 0 aliphatic carbocycles. The van der Waals surface area contributed by atoms with Gasteiger partial charge in [-0.05, 0) is 24.7 Å². The standard InChI is InChI=1S/C16H32N2O7S/c1-12(2)10-23-15(19)17-9-14(7-6-8-25-26(5,21)22)18-16(20)24-11-13(3)4/h12-14H,6-11H2,1-5H3,(H,17,19)(H,18,20)/t14-/m0/s1. The Morgan fingerprint density at radius 3 is 2.00 bits per heavy atom. The monoisotopic (exact) mass is 396 g/mol. The Hall–Kier alpha value is -1.55. The normalized spacial score (nSPS) is 12.7. The Morgan fingerprint density at radius 1 is 0.962 bits per heavy atom. The van der Waals surface area contributed by atoms with Crippen molar-refractivity contribution in [3.05, 3.63) is 0 Å². The Morgan fingerprint density at radius 2 is 1.50 bits per heavy atom. The fourth-order valence-corrected chi connectivity index (χ4v) is 2.14. The highest BCUT2D eigenvalue weighted by atomic mass is 32.2. The molecule has 0 heterocycles. The number of carbonyl (C=O) groups is 2. The van der Waals surface area contributed by atoms with E-state index in [2.05, 4.69) is 14.8 Å². The van der Waals surface area contributed by atoms with E-state index in [0.717, 1.165) is 6.26 Å². The van der Waals surface area contributed by atoms with Crippen LogP contribution in [-0.2, 0) is 23.8 Å². The molecule has 0 spiro atoms. The first-order valence-corrected chi connectivity index (χ1v) is 10.5. The summed E-state index contributed by atoms with van der Waals surface area (Å²) in [5.41, 5.74) is 0. The zero-order valence-corrected chi connectivity index (χ0v) is 17.1. The molecule has 9 nitrogen and oxygen atoms in total. The summed E-state index contributed by atoms with van der Waals surface area (Å²) in [4.78, 5) is 23.4. The molecule has 0 saturated heterocycles. The van der Waals surface area contributed by atoms with E-state index < -0.39 is 28.3 Å². The minimum atomic E-state index is -3.51. The van der Waals surface area contributed by atoms with Crippen molar-refractivity contribution in [3.8, 4) is 0 Å². The number of amides is 2. The van der Waals surface area contributed by atoms with E-state index in [0.29, 0.717) is 19.4 Å². The largest absolute Gasteiger partial charge is 0.449 e. The van der Waals surface area contributed by atoms with Crippen molar-refractivity contribution in [2.45, 2.75) is 46.6 Å². The van der Waals surface area contributed by atoms with Gasteiger partial charge in [-0.3, -0.25) is 4.18 Å². The van der Waals surface area contributed by atoms with Crippen molar-refractivity contribution < 1.29 is 31.7 Å². The van der Waals surface area contributed by atoms with Crippen molar-refractivity contribution in [1.29, 1.82) is 0 Å². The highest BCUT2D eigenvalue weighted by molar-refractivity contribution is 7.85. The van der Waals surface area contributed by atoms with Crippen LogP contribution in [0.5, 0.6) is 0 Å². The molecule has 0 aromatic rings. The second-order valence-corrected chi connectivity index (χ2v) is 8.52. The van der Waals surface area contributed by atoms with E-state index in [1.54, 1.807) is 0 Å². The highest BCUT2D eigenvalue weighted by Crippen LogP contribution is 2.02. The molecule has 0 bridgehead atoms. The van der Waals surface area contributed by atoms with Crippen LogP contribution in [0.15, 0.2) is 0 Å². The molecule has 1 atom stereocenters. The highest BCUT2D eigenvalue weighted by Gasteiger charge is 2.16. The number of hydrogen-bond donors (Lipinski definition) is 2. The maximum absolute atomic E-state index is 11.8. The molecule has 0 fully saturated rings. The summed E-state index contributed by atoms with van der Waals surface area (Å²) in [6.45, 7) is 8.37. The van der Waals surface area contributed by atoms with Crippen molar-refractivity contribution >= 4 is 22.3 Å². The molecular weight excluding hydrogens is 364 g/mol. The fourth-order valence-electron chi connectivity index (χ4n) is 1.72. The third-order valence-electron chi connectivity index (χ3n) is 2.90. The summed E-state index contributed by atoms with van der Waals surface area (Å²) in [5, 5.41) is 5.23. The summed E-state index contributed by atoms with van der Waals surface area (Å²) in [7, 11) is -3.51. The van der Waals surface area contributed by atoms with Crippen LogP contribution in [-0.4, -0.2) is 59.3 Å². The van der Waals surface area contributed by atoms with Crippen LogP contribution in [0.3, 0.4) is 0 Å². The molecule has 2 amide bonds. The van der Waals surface area contributed by atoms with Gasteiger partial charge in [0, 0.05) is 12.6 Å². The number of carbonyl (C=O) groups excluding carboxylic acids is 2. The first-order chi connectivity index (χ1) is 12.0. The van der Waals surface area contributed by atoms with Crippen LogP contribution in [0.2, 0.25) is 0 Å². The summed E-state index contributed by atoms with van der Waals surface area (Å²) >= 11 is 0. The minimum absolute atomic E-state index is 0.00412. The van der Waals surface area contributed by atoms with E-state index in [1.165, 1.54) is 0 Å². The molecule has 0 aliphatic heterocycles. The zero-order valence-electron chi connectivity index (χ0n) is 16.2. The Bertz CT molecular complexity index is 521. The molecule has 154 valence electrons. The van der Waals surface area contributed by atoms with E-state index >= 15 is 0 Å². The smallest absolute Gasteiger partial charge is 0.407 e. The van der Waals surface area contributed by atoms with E-state index in [9.17, 15) is 18.0 Å². The molecule has 0 unspecified atom stereocenters. The van der Waals surface area contributed by atoms with Crippen LogP contribution >= 0.6 is 0 Å². The van der Waals surface area contributed by atoms with Crippen molar-refractivity contribution in [3.63, 3.8) is 0 Å². The lowest BCUT2D eigenvalue weighted by atomic mass is 10.1. The van der Waals surface area contributed by atoms with Gasteiger partial charge in [0.2, 0.25) is 0 Å². The summed E-state index contributed by atoms with van der Waals surface area (Å²) in [5.74, 6) is 0.417. The van der Waals surface area contributed by atoms with Crippen LogP contribution < -0.4 is 10.6 Å². The molecule has 0 radical (unpaired) electrons. The first kappa shape index (κ1) is 24.5. The van der Waals surface area contributed by atoms with E-state index in [4.69, 9.17) is 9.47 Å². The van der Waals surface area contributed by atoms with Gasteiger partial charge in [-0.2, -0.15) is 8.42 Å². The van der Waals surface area contributed by atoms with Gasteiger partial charge in [0.1, 0.15) is 0 Å². The van der Waals surface area contributed by atoms with Gasteiger partial charge in [-0.1, -0.05) is 27.7 Å². The summed E-state index contributed by atoms with van der Waals surface area (Å²) in [6.07, 6.45) is 0.582. The number of hydrogen-bond acceptors (Lipinski definition) is 7. The predicted molar refractivity (Wildman–Crippen MR) is 97.3 cm³/mol. The quantitative estimate of drug-likeness (QED) is 0.382. The summed E-state index contributed by atoms with van der Waals surface area (Å²) in [6, 6.07) is -0.440. The molecule has 0 rings (SSSR count). The van der Waals surface area contributed by atoms with Crippen molar-refractivity contribution in [2.75, 3.05) is 32.6 Å². The van der Waals surface area contributed by atoms with Gasteiger partial charge < -0.3 is 20.1 Å². The molecule has 26 heavy (non-hydrogen) atoms. The molecular formula is C16H32N2O7S. The van der Waals surface area contributed by atoms with Gasteiger partial charge in [0.15, 0.2) is 0 Å². The second-order valence-electron chi connectivity index (χ2n) is 6.88. The summed E-state index contributed by atoms with van der Waals surface area (Å²) < 4.78 is 36.7. The van der Waals surface area contributed by atoms with Crippen LogP contribution in [0.4, 0.5) is 9.59 Å². The zero-order chi connectivity index (χ0) is 20.2. The molecule has 2 N–H and O–H groups in total. The Kier molecular flexibility index (Phi) is 12.0. The molecule has 0 aliphatic rings. The number of alkyl carbamates (subject to hydrolysis) is 2. The Balaban J connectivity index is 4.42. The van der Waals surface area contributed by atoms with Crippen LogP contribution in [0, 0.1) is 11.8 Å². The van der Waals surface area contributed by atoms with Crippen molar-refractivity contribution in [1.82, 2.24) is 10.6 Å². The van der Waals surface area contributed by atoms with E-state index in [-0.39, 0.29) is 31.6 Å². The fraction of sp³-hybridized carbons (Fsp3) is 0.875. The van der Waals surface area contributed by atoms with Crippen molar-refractivity contribution in [2.24, 2.45) is 11.8 Å². The lowest BCUT2D eigenvalue weighted by Crippen LogP contribution is -2.44. The number of nitrogens with one attached hydrogen (secondary N) is 2. The number of ether oxygens (including phenoxy) is 2.